The van der Waals surface area contributed by atoms with Crippen molar-refractivity contribution in [1.82, 2.24) is 16.0 Å². The van der Waals surface area contributed by atoms with Crippen molar-refractivity contribution in [3.8, 4) is 0 Å². The number of halogens is 10. The number of benzene rings is 8. The number of ether oxygens (including phenoxy) is 5. The van der Waals surface area contributed by atoms with E-state index in [2.05, 4.69) is 53.1 Å². The van der Waals surface area contributed by atoms with E-state index in [9.17, 15) is 33.9 Å². The number of amides is 2. The fraction of sp³-hybridized carbons (Fsp3) is 0.316. The number of alkyl halides is 1. The van der Waals surface area contributed by atoms with Gasteiger partial charge >= 0.3 is 59.7 Å². The zero-order valence-corrected chi connectivity index (χ0v) is 73.4. The number of aliphatic carboxylic acids is 1. The van der Waals surface area contributed by atoms with Crippen molar-refractivity contribution in [2.45, 2.75) is 129 Å². The summed E-state index contributed by atoms with van der Waals surface area (Å²) in [6.45, 7) is 19.7. The first-order valence-electron chi connectivity index (χ1n) is 33.8. The van der Waals surface area contributed by atoms with Crippen LogP contribution in [0, 0.1) is 0 Å². The van der Waals surface area contributed by atoms with E-state index in [4.69, 9.17) is 122 Å². The second-order valence-electron chi connectivity index (χ2n) is 25.8. The number of nitrogens with two attached hydrogens (primary N) is 1. The third-order valence-corrected chi connectivity index (χ3v) is 16.8. The van der Waals surface area contributed by atoms with Gasteiger partial charge in [0.05, 0.1) is 88.7 Å². The molecule has 0 radical (unpaired) electrons. The quantitative estimate of drug-likeness (QED) is 0.0108. The van der Waals surface area contributed by atoms with Crippen molar-refractivity contribution in [1.29, 1.82) is 0 Å². The van der Waals surface area contributed by atoms with Crippen LogP contribution in [-0.4, -0.2) is 104 Å². The molecule has 20 nitrogen and oxygen atoms in total. The average molecular weight is 1770 g/mol. The predicted octanol–water partition coefficient (Wildman–Crippen LogP) is 17.1. The zero-order valence-electron chi connectivity index (χ0n) is 62.9. The summed E-state index contributed by atoms with van der Waals surface area (Å²) in [5, 5.41) is 35.5. The fourth-order valence-corrected chi connectivity index (χ4v) is 11.2. The number of hydrogen-bond donors (Lipinski definition) is 8. The first-order valence-corrected chi connectivity index (χ1v) is 37.8. The van der Waals surface area contributed by atoms with E-state index < -0.39 is 35.3 Å². The number of anilines is 8. The predicted molar refractivity (Wildman–Crippen MR) is 448 cm³/mol. The van der Waals surface area contributed by atoms with Crippen LogP contribution in [0.4, 0.5) is 55.1 Å². The molecule has 31 heteroatoms. The Hall–Kier alpha value is -6.61. The molecule has 2 amide bonds. The van der Waals surface area contributed by atoms with Crippen molar-refractivity contribution in [3.05, 3.63) is 232 Å². The van der Waals surface area contributed by atoms with Crippen molar-refractivity contribution < 1.29 is 87.1 Å². The first-order chi connectivity index (χ1) is 50.9. The average Bonchev–Trinajstić information content (AvgIpc) is 0.850. The van der Waals surface area contributed by atoms with Crippen LogP contribution < -0.4 is 77.6 Å². The number of carbonyl (C=O) groups excluding carboxylic acids is 6. The summed E-state index contributed by atoms with van der Waals surface area (Å²) in [6, 6.07) is 50.2. The number of likely N-dealkylation sites (N-methyl/N-ethyl adjacent to an activating group) is 1. The van der Waals surface area contributed by atoms with Gasteiger partial charge in [-0.05, 0) is 164 Å². The number of para-hydroxylation sites is 8. The Balaban J connectivity index is 0.000000476. The van der Waals surface area contributed by atoms with Gasteiger partial charge in [-0.3, -0.25) is 14.4 Å². The molecule has 4 atom stereocenters. The van der Waals surface area contributed by atoms with E-state index in [1.54, 1.807) is 132 Å². The SMILES string of the molecule is CC(Br)CNC(=O)OC(C)(C)C.CC(CN)OC(=O)Cc1ccccc1Nc1c(Cl)cccc1Cl.CC(CNC(=O)OC(C)(C)C)OC(=O)Cc1ccccc1Nc1c(Cl)cccc1Cl.CNCC(C)OC(=O)Cc1ccccc1Nc1c(Cl)cccc1Cl.Cl.O=C([O-])Cc1ccccc1Nc1c(Cl)cccc1Cl.[Na+]. The standard InChI is InChI=1S/C22H26Cl2N2O4.C18H20Cl2N2O2.C17H18Cl2N2O2.C14H11Cl2NO2.C8H16BrNO2.ClH.Na/c1-14(13-25-21(28)30-22(2,3)4)29-19(27)12-15-8-5-6-11-18(15)26-20-16(23)9-7-10-17(20)24;1-12(11-21-2)24-17(23)10-13-6-3-4-9-16(13)22-18-14(19)7-5-8-15(18)20;1-11(10-20)23-16(22)9-12-5-2-3-8-15(12)21-17-13(18)6-4-7-14(17)19;15-10-5-3-6-11(16)14(10)17-12-7-2-1-4-9(12)8-13(18)19;1-6(9)5-10-7(11)12-8(2,3)4;;/h5-11,14,26H,12-13H2,1-4H3,(H,25,28);3-9,12,21-22H,10-11H2,1-2H3;2-8,11,21H,9-10,20H2,1H3;1-7,17H,8H2,(H,18,19);6H,5H2,1-4H3,(H,10,11);1H;/q;;;;;;+1/p-1. The van der Waals surface area contributed by atoms with Gasteiger partial charge < -0.3 is 76.5 Å². The second kappa shape index (κ2) is 51.2. The summed E-state index contributed by atoms with van der Waals surface area (Å²) < 4.78 is 26.2. The molecule has 590 valence electrons. The molecule has 0 aliphatic carbocycles. The van der Waals surface area contributed by atoms with Crippen molar-refractivity contribution in [2.75, 3.05) is 54.5 Å². The van der Waals surface area contributed by atoms with Gasteiger partial charge in [0.1, 0.15) is 29.5 Å². The third-order valence-electron chi connectivity index (χ3n) is 14.0. The van der Waals surface area contributed by atoms with Crippen LogP contribution in [0.15, 0.2) is 170 Å². The van der Waals surface area contributed by atoms with Crippen LogP contribution in [0.1, 0.15) is 91.5 Å². The molecule has 8 aromatic rings. The van der Waals surface area contributed by atoms with Crippen LogP contribution in [0.5, 0.6) is 0 Å². The molecule has 0 fully saturated rings. The van der Waals surface area contributed by atoms with E-state index >= 15 is 0 Å². The van der Waals surface area contributed by atoms with E-state index in [0.717, 1.165) is 28.1 Å². The van der Waals surface area contributed by atoms with Gasteiger partial charge in [-0.25, -0.2) is 9.59 Å². The number of carboxylic acids is 1. The number of carboxylic acid groups (broad SMARTS) is 1. The van der Waals surface area contributed by atoms with Gasteiger partial charge in [0.15, 0.2) is 0 Å². The Labute approximate surface area is 721 Å². The number of rotatable bonds is 26. The maximum atomic E-state index is 12.4. The van der Waals surface area contributed by atoms with Gasteiger partial charge in [0, 0.05) is 59.6 Å². The monoisotopic (exact) mass is 1760 g/mol. The molecule has 0 aliphatic heterocycles. The van der Waals surface area contributed by atoms with E-state index in [0.29, 0.717) is 99.5 Å². The van der Waals surface area contributed by atoms with Crippen LogP contribution in [0.3, 0.4) is 0 Å². The van der Waals surface area contributed by atoms with Gasteiger partial charge in [-0.1, -0.05) is 213 Å². The molecule has 0 heterocycles. The van der Waals surface area contributed by atoms with Crippen molar-refractivity contribution in [3.63, 3.8) is 0 Å². The third kappa shape index (κ3) is 38.7. The van der Waals surface area contributed by atoms with Gasteiger partial charge in [0.25, 0.3) is 0 Å². The van der Waals surface area contributed by atoms with Gasteiger partial charge in [-0.2, -0.15) is 0 Å². The van der Waals surface area contributed by atoms with E-state index in [-0.39, 0.29) is 109 Å². The molecular weight excluding hydrogens is 1670 g/mol. The fourth-order valence-electron chi connectivity index (χ4n) is 9.11. The summed E-state index contributed by atoms with van der Waals surface area (Å²) in [6.07, 6.45) is -1.75. The molecule has 8 rings (SSSR count). The minimum atomic E-state index is -1.14. The molecule has 0 aliphatic rings. The van der Waals surface area contributed by atoms with Gasteiger partial charge in [-0.15, -0.1) is 12.4 Å². The Morgan fingerprint density at radius 1 is 0.400 bits per heavy atom. The Kier molecular flexibility index (Phi) is 46.3. The molecule has 0 saturated carbocycles. The topological polar surface area (TPSA) is 282 Å². The number of esters is 3. The van der Waals surface area contributed by atoms with Gasteiger partial charge in [0.2, 0.25) is 0 Å². The van der Waals surface area contributed by atoms with E-state index in [1.807, 2.05) is 114 Å². The molecule has 0 saturated heterocycles. The Morgan fingerprint density at radius 2 is 0.645 bits per heavy atom. The number of alkyl carbamates (subject to hydrolysis) is 2. The molecule has 0 bridgehead atoms. The summed E-state index contributed by atoms with van der Waals surface area (Å²) in [5.74, 6) is -2.17. The summed E-state index contributed by atoms with van der Waals surface area (Å²) in [4.78, 5) is 70.2. The van der Waals surface area contributed by atoms with Crippen molar-refractivity contribution in [2.24, 2.45) is 5.73 Å². The molecule has 0 spiro atoms. The molecule has 4 unspecified atom stereocenters. The van der Waals surface area contributed by atoms with Crippen LogP contribution in [0.2, 0.25) is 40.2 Å². The molecule has 8 aromatic carbocycles. The van der Waals surface area contributed by atoms with E-state index in [1.165, 1.54) is 0 Å². The summed E-state index contributed by atoms with van der Waals surface area (Å²) in [5.41, 5.74) is 12.6. The Morgan fingerprint density at radius 3 is 0.891 bits per heavy atom. The minimum absolute atomic E-state index is 0. The maximum absolute atomic E-state index is 12.4. The largest absolute Gasteiger partial charge is 1.00 e. The molecule has 9 N–H and O–H groups in total. The molecule has 0 aromatic heterocycles. The zero-order chi connectivity index (χ0) is 80.3. The number of carbonyl (C=O) groups is 6. The van der Waals surface area contributed by atoms with Crippen molar-refractivity contribution >= 4 is 203 Å². The normalized spacial score (nSPS) is 11.6. The maximum Gasteiger partial charge on any atom is 1.00 e. The smallest absolute Gasteiger partial charge is 0.550 e. The second-order valence-corrected chi connectivity index (χ2v) is 30.7. The number of nitrogens with one attached hydrogen (secondary N) is 7. The molecular formula is C79H91BrCl9N8NaO12. The van der Waals surface area contributed by atoms with Crippen LogP contribution >= 0.6 is 121 Å². The molecule has 110 heavy (non-hydrogen) atoms. The minimum Gasteiger partial charge on any atom is -0.550 e. The van der Waals surface area contributed by atoms with Crippen LogP contribution in [-0.2, 0) is 68.5 Å². The Bertz CT molecular complexity index is 4180. The summed E-state index contributed by atoms with van der Waals surface area (Å²) >= 11 is 52.6. The summed E-state index contributed by atoms with van der Waals surface area (Å²) in [7, 11) is 1.82. The van der Waals surface area contributed by atoms with Crippen LogP contribution in [0.25, 0.3) is 0 Å². The first kappa shape index (κ1) is 99.5. The number of hydrogen-bond acceptors (Lipinski definition) is 18.